The molecule has 1 amide bonds. The number of pyridine rings is 1. The van der Waals surface area contributed by atoms with Crippen LogP contribution < -0.4 is 15.4 Å². The molecular weight excluding hydrogens is 428 g/mol. The zero-order valence-electron chi connectivity index (χ0n) is 17.9. The molecule has 0 spiro atoms. The molecule has 32 heavy (non-hydrogen) atoms. The third-order valence-electron chi connectivity index (χ3n) is 4.69. The maximum atomic E-state index is 12.3. The first kappa shape index (κ1) is 23.3. The number of aromatic nitrogens is 3. The molecule has 2 heterocycles. The molecule has 10 heteroatoms. The molecule has 0 unspecified atom stereocenters. The fourth-order valence-corrected chi connectivity index (χ4v) is 3.58. The number of aryl methyl sites for hydroxylation is 1. The van der Waals surface area contributed by atoms with Crippen molar-refractivity contribution in [3.05, 3.63) is 72.3 Å². The summed E-state index contributed by atoms with van der Waals surface area (Å²) in [6.07, 6.45) is 10.3. The van der Waals surface area contributed by atoms with E-state index in [4.69, 9.17) is 0 Å². The summed E-state index contributed by atoms with van der Waals surface area (Å²) in [7, 11) is 0.0355. The normalized spacial score (nSPS) is 11.7. The van der Waals surface area contributed by atoms with Crippen molar-refractivity contribution in [2.45, 2.75) is 6.54 Å². The second kappa shape index (κ2) is 10.8. The van der Waals surface area contributed by atoms with Crippen molar-refractivity contribution >= 4 is 27.7 Å². The van der Waals surface area contributed by atoms with Gasteiger partial charge < -0.3 is 10.6 Å². The molecule has 1 aromatic carbocycles. The molecular formula is C22H26N6O3S. The zero-order valence-corrected chi connectivity index (χ0v) is 18.8. The van der Waals surface area contributed by atoms with Gasteiger partial charge in [0.2, 0.25) is 15.9 Å². The molecule has 0 radical (unpaired) electrons. The number of hydrogen-bond donors (Lipinski definition) is 3. The zero-order chi connectivity index (χ0) is 23.0. The van der Waals surface area contributed by atoms with Gasteiger partial charge in [-0.15, -0.1) is 0 Å². The van der Waals surface area contributed by atoms with E-state index in [1.807, 2.05) is 31.4 Å². The lowest BCUT2D eigenvalue weighted by atomic mass is 10.0. The highest BCUT2D eigenvalue weighted by Crippen LogP contribution is 2.23. The van der Waals surface area contributed by atoms with Crippen LogP contribution >= 0.6 is 0 Å². The Morgan fingerprint density at radius 2 is 1.94 bits per heavy atom. The van der Waals surface area contributed by atoms with Gasteiger partial charge in [-0.05, 0) is 42.4 Å². The molecule has 9 nitrogen and oxygen atoms in total. The summed E-state index contributed by atoms with van der Waals surface area (Å²) in [5.41, 5.74) is 4.35. The molecule has 0 aliphatic carbocycles. The maximum absolute atomic E-state index is 12.3. The Balaban J connectivity index is 1.54. The van der Waals surface area contributed by atoms with Gasteiger partial charge in [0.25, 0.3) is 0 Å². The van der Waals surface area contributed by atoms with Crippen molar-refractivity contribution in [2.75, 3.05) is 24.7 Å². The van der Waals surface area contributed by atoms with Gasteiger partial charge in [-0.25, -0.2) is 13.1 Å². The molecule has 168 valence electrons. The van der Waals surface area contributed by atoms with Gasteiger partial charge in [0.05, 0.1) is 11.9 Å². The second-order valence-electron chi connectivity index (χ2n) is 7.08. The molecule has 0 aliphatic heterocycles. The van der Waals surface area contributed by atoms with E-state index in [1.165, 1.54) is 13.1 Å². The number of sulfonamides is 1. The highest BCUT2D eigenvalue weighted by atomic mass is 32.2. The molecule has 2 aromatic heterocycles. The Hall–Kier alpha value is -3.34. The van der Waals surface area contributed by atoms with Crippen LogP contribution in [0.2, 0.25) is 0 Å². The summed E-state index contributed by atoms with van der Waals surface area (Å²) < 4.78 is 26.8. The van der Waals surface area contributed by atoms with Crippen LogP contribution in [0.3, 0.4) is 0 Å². The summed E-state index contributed by atoms with van der Waals surface area (Å²) in [5.74, 6) is -0.238. The Bertz CT molecular complexity index is 1190. The number of amides is 1. The molecule has 0 fully saturated rings. The van der Waals surface area contributed by atoms with E-state index in [-0.39, 0.29) is 11.7 Å². The minimum Gasteiger partial charge on any atom is -0.323 e. The third kappa shape index (κ3) is 6.84. The first-order valence-corrected chi connectivity index (χ1v) is 11.6. The van der Waals surface area contributed by atoms with E-state index < -0.39 is 10.0 Å². The van der Waals surface area contributed by atoms with Crippen molar-refractivity contribution in [3.63, 3.8) is 0 Å². The van der Waals surface area contributed by atoms with Crippen molar-refractivity contribution < 1.29 is 13.2 Å². The molecule has 0 atom stereocenters. The van der Waals surface area contributed by atoms with Crippen molar-refractivity contribution in [2.24, 2.45) is 7.05 Å². The summed E-state index contributed by atoms with van der Waals surface area (Å²) in [6.45, 7) is 0.882. The van der Waals surface area contributed by atoms with Gasteiger partial charge in [0.1, 0.15) is 0 Å². The molecule has 0 saturated heterocycles. The lowest BCUT2D eigenvalue weighted by Crippen LogP contribution is -2.29. The summed E-state index contributed by atoms with van der Waals surface area (Å²) in [6, 6.07) is 9.24. The van der Waals surface area contributed by atoms with Crippen LogP contribution in [0.25, 0.3) is 17.2 Å². The van der Waals surface area contributed by atoms with E-state index >= 15 is 0 Å². The van der Waals surface area contributed by atoms with Crippen LogP contribution in [0.15, 0.2) is 61.2 Å². The van der Waals surface area contributed by atoms with Gasteiger partial charge in [-0.3, -0.25) is 14.5 Å². The van der Waals surface area contributed by atoms with Crippen LogP contribution in [0, 0.1) is 0 Å². The maximum Gasteiger partial charge on any atom is 0.248 e. The van der Waals surface area contributed by atoms with Gasteiger partial charge >= 0.3 is 0 Å². The number of benzene rings is 1. The first-order valence-electron chi connectivity index (χ1n) is 9.99. The Kier molecular flexibility index (Phi) is 7.87. The fraction of sp³-hybridized carbons (Fsp3) is 0.227. The SMILES string of the molecule is CNS(=O)(=O)CCNCc1ccc(NC(=O)C=Cc2cnccc2-c2cnn(C)c2)cc1. The average Bonchev–Trinajstić information content (AvgIpc) is 3.23. The van der Waals surface area contributed by atoms with Crippen LogP contribution in [-0.4, -0.2) is 48.4 Å². The summed E-state index contributed by atoms with van der Waals surface area (Å²) >= 11 is 0. The quantitative estimate of drug-likeness (QED) is 0.317. The number of hydrogen-bond acceptors (Lipinski definition) is 6. The Morgan fingerprint density at radius 1 is 1.16 bits per heavy atom. The van der Waals surface area contributed by atoms with Crippen LogP contribution in [0.4, 0.5) is 5.69 Å². The van der Waals surface area contributed by atoms with Crippen molar-refractivity contribution in [3.8, 4) is 11.1 Å². The van der Waals surface area contributed by atoms with E-state index in [0.717, 1.165) is 22.3 Å². The van der Waals surface area contributed by atoms with Crippen molar-refractivity contribution in [1.82, 2.24) is 24.8 Å². The lowest BCUT2D eigenvalue weighted by molar-refractivity contribution is -0.111. The van der Waals surface area contributed by atoms with E-state index in [9.17, 15) is 13.2 Å². The van der Waals surface area contributed by atoms with E-state index in [2.05, 4.69) is 25.4 Å². The molecule has 3 rings (SSSR count). The summed E-state index contributed by atoms with van der Waals surface area (Å²) in [5, 5.41) is 10.1. The largest absolute Gasteiger partial charge is 0.323 e. The number of carbonyl (C=O) groups is 1. The highest BCUT2D eigenvalue weighted by Gasteiger charge is 2.07. The summed E-state index contributed by atoms with van der Waals surface area (Å²) in [4.78, 5) is 16.5. The van der Waals surface area contributed by atoms with E-state index in [0.29, 0.717) is 18.8 Å². The first-order chi connectivity index (χ1) is 15.4. The minimum absolute atomic E-state index is 0.0173. The molecule has 0 aliphatic rings. The Morgan fingerprint density at radius 3 is 2.62 bits per heavy atom. The monoisotopic (exact) mass is 454 g/mol. The highest BCUT2D eigenvalue weighted by molar-refractivity contribution is 7.89. The topological polar surface area (TPSA) is 118 Å². The van der Waals surface area contributed by atoms with Gasteiger partial charge in [0, 0.05) is 61.6 Å². The fourth-order valence-electron chi connectivity index (χ4n) is 2.96. The van der Waals surface area contributed by atoms with Crippen LogP contribution in [0.1, 0.15) is 11.1 Å². The molecule has 0 bridgehead atoms. The van der Waals surface area contributed by atoms with Crippen LogP contribution in [-0.2, 0) is 28.4 Å². The van der Waals surface area contributed by atoms with Crippen molar-refractivity contribution in [1.29, 1.82) is 0 Å². The third-order valence-corrected chi connectivity index (χ3v) is 6.05. The number of rotatable bonds is 10. The van der Waals surface area contributed by atoms with Crippen LogP contribution in [0.5, 0.6) is 0 Å². The number of anilines is 1. The van der Waals surface area contributed by atoms with Gasteiger partial charge in [-0.1, -0.05) is 12.1 Å². The Labute approximate surface area is 187 Å². The minimum atomic E-state index is -3.21. The number of carbonyl (C=O) groups excluding carboxylic acids is 1. The van der Waals surface area contributed by atoms with Gasteiger partial charge in [0.15, 0.2) is 0 Å². The lowest BCUT2D eigenvalue weighted by Gasteiger charge is -2.07. The predicted octanol–water partition coefficient (Wildman–Crippen LogP) is 1.77. The second-order valence-corrected chi connectivity index (χ2v) is 9.13. The number of nitrogens with one attached hydrogen (secondary N) is 3. The number of nitrogens with zero attached hydrogens (tertiary/aromatic N) is 3. The van der Waals surface area contributed by atoms with Gasteiger partial charge in [-0.2, -0.15) is 5.10 Å². The predicted molar refractivity (Wildman–Crippen MR) is 125 cm³/mol. The average molecular weight is 455 g/mol. The van der Waals surface area contributed by atoms with E-state index in [1.54, 1.807) is 41.5 Å². The molecule has 0 saturated carbocycles. The molecule has 3 aromatic rings. The smallest absolute Gasteiger partial charge is 0.248 e. The standard InChI is InChI=1S/C22H26N6O3S/c1-23-32(30,31)12-11-25-13-17-3-6-20(7-4-17)27-22(29)8-5-18-14-24-10-9-21(18)19-15-26-28(2)16-19/h3-10,14-16,23,25H,11-13H2,1-2H3,(H,27,29). The molecule has 3 N–H and O–H groups in total.